The molecule has 0 aromatic heterocycles. The molecule has 1 unspecified atom stereocenters. The summed E-state index contributed by atoms with van der Waals surface area (Å²) in [6.45, 7) is 3.56. The maximum absolute atomic E-state index is 13.5. The van der Waals surface area contributed by atoms with Gasteiger partial charge in [0.2, 0.25) is 11.4 Å². The zero-order valence-electron chi connectivity index (χ0n) is 17.9. The number of ether oxygens (including phenoxy) is 2. The van der Waals surface area contributed by atoms with Gasteiger partial charge < -0.3 is 19.7 Å². The minimum absolute atomic E-state index is 0.00360. The van der Waals surface area contributed by atoms with Crippen molar-refractivity contribution in [1.29, 1.82) is 0 Å². The fraction of sp³-hybridized carbons (Fsp3) is 0.522. The molecule has 1 aliphatic heterocycles. The third kappa shape index (κ3) is 4.06. The van der Waals surface area contributed by atoms with Crippen molar-refractivity contribution in [2.75, 3.05) is 13.7 Å². The van der Waals surface area contributed by atoms with E-state index in [0.29, 0.717) is 11.3 Å². The van der Waals surface area contributed by atoms with Crippen LogP contribution in [0.25, 0.3) is 0 Å². The predicted molar refractivity (Wildman–Crippen MR) is 112 cm³/mol. The van der Waals surface area contributed by atoms with Gasteiger partial charge in [-0.15, -0.1) is 0 Å². The molecule has 30 heavy (non-hydrogen) atoms. The van der Waals surface area contributed by atoms with E-state index in [1.54, 1.807) is 33.1 Å². The van der Waals surface area contributed by atoms with Gasteiger partial charge in [-0.05, 0) is 50.0 Å². The molecule has 1 aromatic carbocycles. The molecule has 1 fully saturated rings. The second kappa shape index (κ2) is 9.32. The first-order chi connectivity index (χ1) is 14.4. The quantitative estimate of drug-likeness (QED) is 0.548. The zero-order chi connectivity index (χ0) is 21.7. The molecule has 2 aliphatic rings. The van der Waals surface area contributed by atoms with Crippen LogP contribution in [0.4, 0.5) is 0 Å². The van der Waals surface area contributed by atoms with Gasteiger partial charge in [0.15, 0.2) is 0 Å². The van der Waals surface area contributed by atoms with Gasteiger partial charge in [-0.2, -0.15) is 0 Å². The number of nitrogens with one attached hydrogen (secondary N) is 1. The van der Waals surface area contributed by atoms with E-state index in [1.165, 1.54) is 11.0 Å². The van der Waals surface area contributed by atoms with E-state index in [-0.39, 0.29) is 25.1 Å². The minimum atomic E-state index is -1.79. The SMILES string of the molecule is CCOC(=O)C1(C(=O)NC2CCCCC2)C(C)=CC(=O)N1Cc1ccc(OC)cc1. The van der Waals surface area contributed by atoms with Gasteiger partial charge in [0.1, 0.15) is 5.75 Å². The fourth-order valence-corrected chi connectivity index (χ4v) is 4.29. The summed E-state index contributed by atoms with van der Waals surface area (Å²) in [4.78, 5) is 40.9. The minimum Gasteiger partial charge on any atom is -0.497 e. The molecule has 7 heteroatoms. The second-order valence-corrected chi connectivity index (χ2v) is 7.84. The highest BCUT2D eigenvalue weighted by molar-refractivity contribution is 6.17. The lowest BCUT2D eigenvalue weighted by atomic mass is 9.88. The molecule has 0 bridgehead atoms. The Bertz CT molecular complexity index is 827. The smallest absolute Gasteiger partial charge is 0.346 e. The lowest BCUT2D eigenvalue weighted by Crippen LogP contribution is -2.64. The molecule has 3 rings (SSSR count). The van der Waals surface area contributed by atoms with Gasteiger partial charge >= 0.3 is 5.97 Å². The number of carbonyl (C=O) groups is 3. The van der Waals surface area contributed by atoms with Gasteiger partial charge in [0.25, 0.3) is 5.91 Å². The second-order valence-electron chi connectivity index (χ2n) is 7.84. The Kier molecular flexibility index (Phi) is 6.80. The molecule has 0 saturated heterocycles. The van der Waals surface area contributed by atoms with Crippen LogP contribution in [0, 0.1) is 0 Å². The Morgan fingerprint density at radius 1 is 1.17 bits per heavy atom. The topological polar surface area (TPSA) is 84.9 Å². The summed E-state index contributed by atoms with van der Waals surface area (Å²) >= 11 is 0. The van der Waals surface area contributed by atoms with Crippen LogP contribution >= 0.6 is 0 Å². The van der Waals surface area contributed by atoms with Crippen molar-refractivity contribution in [2.45, 2.75) is 64.1 Å². The Hall–Kier alpha value is -2.83. The summed E-state index contributed by atoms with van der Waals surface area (Å²) in [5.74, 6) is -0.893. The van der Waals surface area contributed by atoms with Gasteiger partial charge in [-0.25, -0.2) is 4.79 Å². The average molecular weight is 415 g/mol. The molecular formula is C23H30N2O5. The number of carbonyl (C=O) groups excluding carboxylic acids is 3. The molecule has 1 atom stereocenters. The number of nitrogens with zero attached hydrogens (tertiary/aromatic N) is 1. The third-order valence-electron chi connectivity index (χ3n) is 5.92. The Balaban J connectivity index is 1.95. The molecule has 0 radical (unpaired) electrons. The molecule has 0 spiro atoms. The molecular weight excluding hydrogens is 384 g/mol. The van der Waals surface area contributed by atoms with E-state index < -0.39 is 17.4 Å². The van der Waals surface area contributed by atoms with E-state index in [9.17, 15) is 14.4 Å². The first-order valence-corrected chi connectivity index (χ1v) is 10.5. The highest BCUT2D eigenvalue weighted by Gasteiger charge is 2.59. The predicted octanol–water partition coefficient (Wildman–Crippen LogP) is 2.73. The first kappa shape index (κ1) is 21.9. The number of benzene rings is 1. The van der Waals surface area contributed by atoms with E-state index in [4.69, 9.17) is 9.47 Å². The zero-order valence-corrected chi connectivity index (χ0v) is 17.9. The normalized spacial score (nSPS) is 21.9. The Labute approximate surface area is 177 Å². The third-order valence-corrected chi connectivity index (χ3v) is 5.92. The van der Waals surface area contributed by atoms with Crippen LogP contribution in [0.1, 0.15) is 51.5 Å². The van der Waals surface area contributed by atoms with Crippen LogP contribution in [-0.2, 0) is 25.7 Å². The van der Waals surface area contributed by atoms with Crippen molar-refractivity contribution < 1.29 is 23.9 Å². The average Bonchev–Trinajstić information content (AvgIpc) is 2.99. The number of esters is 1. The van der Waals surface area contributed by atoms with Crippen LogP contribution in [-0.4, -0.2) is 48.0 Å². The number of hydrogen-bond acceptors (Lipinski definition) is 5. The van der Waals surface area contributed by atoms with Crippen molar-refractivity contribution in [1.82, 2.24) is 10.2 Å². The van der Waals surface area contributed by atoms with Crippen molar-refractivity contribution in [3.8, 4) is 5.75 Å². The van der Waals surface area contributed by atoms with Gasteiger partial charge in [-0.3, -0.25) is 9.59 Å². The van der Waals surface area contributed by atoms with Crippen LogP contribution in [0.5, 0.6) is 5.75 Å². The number of amides is 2. The van der Waals surface area contributed by atoms with Crippen molar-refractivity contribution in [3.63, 3.8) is 0 Å². The number of rotatable bonds is 7. The summed E-state index contributed by atoms with van der Waals surface area (Å²) < 4.78 is 10.5. The molecule has 2 amide bonds. The van der Waals surface area contributed by atoms with E-state index >= 15 is 0 Å². The molecule has 1 aromatic rings. The maximum Gasteiger partial charge on any atom is 0.346 e. The van der Waals surface area contributed by atoms with Crippen molar-refractivity contribution in [3.05, 3.63) is 41.5 Å². The van der Waals surface area contributed by atoms with Crippen LogP contribution in [0.3, 0.4) is 0 Å². The van der Waals surface area contributed by atoms with Gasteiger partial charge in [-0.1, -0.05) is 31.4 Å². The molecule has 1 saturated carbocycles. The summed E-state index contributed by atoms with van der Waals surface area (Å²) in [5.41, 5.74) is -0.621. The summed E-state index contributed by atoms with van der Waals surface area (Å²) in [5, 5.41) is 3.03. The van der Waals surface area contributed by atoms with Gasteiger partial charge in [0.05, 0.1) is 13.7 Å². The van der Waals surface area contributed by atoms with E-state index in [2.05, 4.69) is 5.32 Å². The first-order valence-electron chi connectivity index (χ1n) is 10.5. The van der Waals surface area contributed by atoms with Crippen LogP contribution < -0.4 is 10.1 Å². The lowest BCUT2D eigenvalue weighted by Gasteiger charge is -2.38. The maximum atomic E-state index is 13.5. The van der Waals surface area contributed by atoms with E-state index in [1.807, 2.05) is 12.1 Å². The summed E-state index contributed by atoms with van der Waals surface area (Å²) in [6.07, 6.45) is 6.35. The highest BCUT2D eigenvalue weighted by Crippen LogP contribution is 2.35. The van der Waals surface area contributed by atoms with Crippen LogP contribution in [0.2, 0.25) is 0 Å². The Morgan fingerprint density at radius 3 is 2.43 bits per heavy atom. The summed E-state index contributed by atoms with van der Waals surface area (Å²) in [6, 6.07) is 7.20. The molecule has 7 nitrogen and oxygen atoms in total. The standard InChI is InChI=1S/C23H30N2O5/c1-4-30-22(28)23(21(27)24-18-8-6-5-7-9-18)16(2)14-20(26)25(23)15-17-10-12-19(29-3)13-11-17/h10-14,18H,4-9,15H2,1-3H3,(H,24,27). The molecule has 1 heterocycles. The van der Waals surface area contributed by atoms with E-state index in [0.717, 1.165) is 37.7 Å². The lowest BCUT2D eigenvalue weighted by molar-refractivity contribution is -0.164. The van der Waals surface area contributed by atoms with Crippen molar-refractivity contribution in [2.24, 2.45) is 0 Å². The molecule has 162 valence electrons. The fourth-order valence-electron chi connectivity index (χ4n) is 4.29. The molecule has 1 N–H and O–H groups in total. The molecule has 1 aliphatic carbocycles. The van der Waals surface area contributed by atoms with Gasteiger partial charge in [0, 0.05) is 18.7 Å². The number of hydrogen-bond donors (Lipinski definition) is 1. The highest BCUT2D eigenvalue weighted by atomic mass is 16.5. The largest absolute Gasteiger partial charge is 0.497 e. The monoisotopic (exact) mass is 414 g/mol. The van der Waals surface area contributed by atoms with Crippen molar-refractivity contribution >= 4 is 17.8 Å². The summed E-state index contributed by atoms with van der Waals surface area (Å²) in [7, 11) is 1.58. The Morgan fingerprint density at radius 2 is 1.83 bits per heavy atom. The number of methoxy groups -OCH3 is 1. The van der Waals surface area contributed by atoms with Crippen LogP contribution in [0.15, 0.2) is 35.9 Å².